The number of benzene rings is 1. The van der Waals surface area contributed by atoms with Crippen molar-refractivity contribution in [2.75, 3.05) is 12.4 Å². The molecule has 0 bridgehead atoms. The van der Waals surface area contributed by atoms with Crippen LogP contribution < -0.4 is 10.1 Å². The van der Waals surface area contributed by atoms with E-state index in [9.17, 15) is 9.59 Å². The second kappa shape index (κ2) is 5.60. The monoisotopic (exact) mass is 267 g/mol. The number of methoxy groups -OCH3 is 1. The van der Waals surface area contributed by atoms with Gasteiger partial charge in [-0.1, -0.05) is 0 Å². The first-order chi connectivity index (χ1) is 8.73. The molecule has 6 nitrogen and oxygen atoms in total. The second-order valence-electron chi connectivity index (χ2n) is 4.85. The number of carbonyl (C=O) groups excluding carboxylic acids is 1. The van der Waals surface area contributed by atoms with Gasteiger partial charge in [-0.05, 0) is 39.0 Å². The van der Waals surface area contributed by atoms with E-state index < -0.39 is 17.7 Å². The highest BCUT2D eigenvalue weighted by Crippen LogP contribution is 2.23. The molecule has 0 unspecified atom stereocenters. The lowest BCUT2D eigenvalue weighted by molar-refractivity contribution is 0.0632. The molecule has 1 aromatic rings. The SMILES string of the molecule is COc1ccc(NC(=O)OC(C)(C)C)cc1C(=O)O. The highest BCUT2D eigenvalue weighted by atomic mass is 16.6. The summed E-state index contributed by atoms with van der Waals surface area (Å²) in [4.78, 5) is 22.6. The lowest BCUT2D eigenvalue weighted by Gasteiger charge is -2.19. The van der Waals surface area contributed by atoms with E-state index in [1.54, 1.807) is 20.8 Å². The van der Waals surface area contributed by atoms with Crippen molar-refractivity contribution in [3.8, 4) is 5.75 Å². The Morgan fingerprint density at radius 2 is 1.89 bits per heavy atom. The van der Waals surface area contributed by atoms with Crippen LogP contribution in [-0.2, 0) is 4.74 Å². The van der Waals surface area contributed by atoms with Gasteiger partial charge in [-0.2, -0.15) is 0 Å². The van der Waals surface area contributed by atoms with E-state index in [0.717, 1.165) is 0 Å². The number of hydrogen-bond donors (Lipinski definition) is 2. The molecule has 2 N–H and O–H groups in total. The zero-order valence-corrected chi connectivity index (χ0v) is 11.3. The molecule has 1 aromatic carbocycles. The summed E-state index contributed by atoms with van der Waals surface area (Å²) in [7, 11) is 1.38. The maximum Gasteiger partial charge on any atom is 0.412 e. The normalized spacial score (nSPS) is 10.7. The van der Waals surface area contributed by atoms with Crippen LogP contribution in [-0.4, -0.2) is 29.9 Å². The van der Waals surface area contributed by atoms with Gasteiger partial charge in [-0.25, -0.2) is 9.59 Å². The van der Waals surface area contributed by atoms with Gasteiger partial charge in [-0.3, -0.25) is 5.32 Å². The van der Waals surface area contributed by atoms with Crippen LogP contribution in [0.4, 0.5) is 10.5 Å². The first kappa shape index (κ1) is 14.8. The van der Waals surface area contributed by atoms with Crippen LogP contribution in [0.5, 0.6) is 5.75 Å². The zero-order chi connectivity index (χ0) is 14.6. The van der Waals surface area contributed by atoms with Gasteiger partial charge in [0.15, 0.2) is 0 Å². The molecule has 19 heavy (non-hydrogen) atoms. The summed E-state index contributed by atoms with van der Waals surface area (Å²) in [6.45, 7) is 5.22. The van der Waals surface area contributed by atoms with Gasteiger partial charge in [0, 0.05) is 5.69 Å². The Balaban J connectivity index is 2.88. The molecule has 6 heteroatoms. The predicted octanol–water partition coefficient (Wildman–Crippen LogP) is 2.74. The third kappa shape index (κ3) is 4.50. The quantitative estimate of drug-likeness (QED) is 0.879. The minimum atomic E-state index is -1.13. The summed E-state index contributed by atoms with van der Waals surface area (Å²) < 4.78 is 9.99. The Labute approximate surface area is 111 Å². The molecule has 1 amide bonds. The van der Waals surface area contributed by atoms with Crippen molar-refractivity contribution in [3.05, 3.63) is 23.8 Å². The van der Waals surface area contributed by atoms with E-state index in [0.29, 0.717) is 5.69 Å². The number of ether oxygens (including phenoxy) is 2. The van der Waals surface area contributed by atoms with Gasteiger partial charge in [0.2, 0.25) is 0 Å². The molecule has 0 saturated carbocycles. The molecule has 0 heterocycles. The number of hydrogen-bond acceptors (Lipinski definition) is 4. The Morgan fingerprint density at radius 1 is 1.26 bits per heavy atom. The predicted molar refractivity (Wildman–Crippen MR) is 69.8 cm³/mol. The minimum Gasteiger partial charge on any atom is -0.496 e. The maximum atomic E-state index is 11.6. The fourth-order valence-corrected chi connectivity index (χ4v) is 1.37. The van der Waals surface area contributed by atoms with Crippen LogP contribution in [0.15, 0.2) is 18.2 Å². The molecule has 104 valence electrons. The smallest absolute Gasteiger partial charge is 0.412 e. The molecular formula is C13H17NO5. The topological polar surface area (TPSA) is 84.9 Å². The number of anilines is 1. The highest BCUT2D eigenvalue weighted by Gasteiger charge is 2.17. The van der Waals surface area contributed by atoms with E-state index in [1.165, 1.54) is 25.3 Å². The largest absolute Gasteiger partial charge is 0.496 e. The zero-order valence-electron chi connectivity index (χ0n) is 11.3. The van der Waals surface area contributed by atoms with Crippen molar-refractivity contribution in [2.45, 2.75) is 26.4 Å². The summed E-state index contributed by atoms with van der Waals surface area (Å²) >= 11 is 0. The minimum absolute atomic E-state index is 0.0314. The number of nitrogens with one attached hydrogen (secondary N) is 1. The second-order valence-corrected chi connectivity index (χ2v) is 4.85. The third-order valence-corrected chi connectivity index (χ3v) is 2.08. The van der Waals surface area contributed by atoms with Crippen molar-refractivity contribution in [1.82, 2.24) is 0 Å². The molecule has 1 rings (SSSR count). The van der Waals surface area contributed by atoms with Crippen LogP contribution >= 0.6 is 0 Å². The first-order valence-electron chi connectivity index (χ1n) is 5.64. The van der Waals surface area contributed by atoms with E-state index in [4.69, 9.17) is 14.6 Å². The molecule has 0 radical (unpaired) electrons. The van der Waals surface area contributed by atoms with Gasteiger partial charge in [-0.15, -0.1) is 0 Å². The molecule has 0 aliphatic rings. The molecule has 0 atom stereocenters. The van der Waals surface area contributed by atoms with Crippen molar-refractivity contribution in [1.29, 1.82) is 0 Å². The average molecular weight is 267 g/mol. The van der Waals surface area contributed by atoms with Crippen molar-refractivity contribution in [3.63, 3.8) is 0 Å². The molecule has 0 fully saturated rings. The van der Waals surface area contributed by atoms with E-state index in [2.05, 4.69) is 5.32 Å². The van der Waals surface area contributed by atoms with Crippen molar-refractivity contribution >= 4 is 17.7 Å². The van der Waals surface area contributed by atoms with Gasteiger partial charge in [0.1, 0.15) is 16.9 Å². The third-order valence-electron chi connectivity index (χ3n) is 2.08. The molecule has 0 aliphatic heterocycles. The lowest BCUT2D eigenvalue weighted by Crippen LogP contribution is -2.27. The van der Waals surface area contributed by atoms with Crippen LogP contribution in [0.2, 0.25) is 0 Å². The summed E-state index contributed by atoms with van der Waals surface area (Å²) in [5.74, 6) is -0.910. The van der Waals surface area contributed by atoms with E-state index in [-0.39, 0.29) is 11.3 Å². The van der Waals surface area contributed by atoms with E-state index >= 15 is 0 Å². The highest BCUT2D eigenvalue weighted by molar-refractivity contribution is 5.94. The first-order valence-corrected chi connectivity index (χ1v) is 5.64. The maximum absolute atomic E-state index is 11.6. The Morgan fingerprint density at radius 3 is 2.37 bits per heavy atom. The van der Waals surface area contributed by atoms with Gasteiger partial charge >= 0.3 is 12.1 Å². The number of amides is 1. The van der Waals surface area contributed by atoms with Gasteiger partial charge in [0.25, 0.3) is 0 Å². The Bertz CT molecular complexity index is 490. The van der Waals surface area contributed by atoms with Gasteiger partial charge < -0.3 is 14.6 Å². The molecule has 0 aliphatic carbocycles. The van der Waals surface area contributed by atoms with Crippen LogP contribution in [0, 0.1) is 0 Å². The molecule has 0 saturated heterocycles. The Hall–Kier alpha value is -2.24. The summed E-state index contributed by atoms with van der Waals surface area (Å²) in [5, 5.41) is 11.5. The number of carbonyl (C=O) groups is 2. The molecule has 0 aromatic heterocycles. The van der Waals surface area contributed by atoms with Crippen molar-refractivity contribution < 1.29 is 24.2 Å². The number of aromatic carboxylic acids is 1. The van der Waals surface area contributed by atoms with Crippen LogP contribution in [0.3, 0.4) is 0 Å². The number of carboxylic acids is 1. The van der Waals surface area contributed by atoms with E-state index in [1.807, 2.05) is 0 Å². The fourth-order valence-electron chi connectivity index (χ4n) is 1.37. The average Bonchev–Trinajstić information content (AvgIpc) is 2.26. The van der Waals surface area contributed by atoms with Gasteiger partial charge in [0.05, 0.1) is 7.11 Å². The fraction of sp³-hybridized carbons (Fsp3) is 0.385. The summed E-state index contributed by atoms with van der Waals surface area (Å²) in [6, 6.07) is 4.32. The van der Waals surface area contributed by atoms with Crippen LogP contribution in [0.1, 0.15) is 31.1 Å². The number of rotatable bonds is 3. The molecule has 0 spiro atoms. The summed E-state index contributed by atoms with van der Waals surface area (Å²) in [6.07, 6.45) is -0.644. The molecular weight excluding hydrogens is 250 g/mol. The Kier molecular flexibility index (Phi) is 4.37. The summed E-state index contributed by atoms with van der Waals surface area (Å²) in [5.41, 5.74) is -0.324. The lowest BCUT2D eigenvalue weighted by atomic mass is 10.2. The standard InChI is InChI=1S/C13H17NO5/c1-13(2,3)19-12(17)14-8-5-6-10(18-4)9(7-8)11(15)16/h5-7H,1-4H3,(H,14,17)(H,15,16). The van der Waals surface area contributed by atoms with Crippen molar-refractivity contribution in [2.24, 2.45) is 0 Å². The number of carboxylic acid groups (broad SMARTS) is 1. The van der Waals surface area contributed by atoms with Crippen LogP contribution in [0.25, 0.3) is 0 Å².